The Kier molecular flexibility index (Phi) is 3.36. The summed E-state index contributed by atoms with van der Waals surface area (Å²) in [7, 11) is 1.63. The number of fused-ring (bicyclic) bond motifs is 1. The lowest BCUT2D eigenvalue weighted by atomic mass is 10.2. The van der Waals surface area contributed by atoms with E-state index in [1.54, 1.807) is 25.4 Å². The molecule has 0 saturated carbocycles. The van der Waals surface area contributed by atoms with Crippen LogP contribution in [0.5, 0.6) is 0 Å². The van der Waals surface area contributed by atoms with Crippen LogP contribution in [0.4, 0.5) is 10.5 Å². The highest BCUT2D eigenvalue weighted by atomic mass is 35.5. The van der Waals surface area contributed by atoms with Gasteiger partial charge in [-0.3, -0.25) is 4.90 Å². The summed E-state index contributed by atoms with van der Waals surface area (Å²) in [5, 5.41) is 4.15. The van der Waals surface area contributed by atoms with Crippen molar-refractivity contribution in [3.05, 3.63) is 23.6 Å². The first-order chi connectivity index (χ1) is 8.76. The van der Waals surface area contributed by atoms with Gasteiger partial charge in [0.25, 0.3) is 0 Å². The Hall–Kier alpha value is -1.82. The Morgan fingerprint density at radius 3 is 2.74 bits per heavy atom. The van der Waals surface area contributed by atoms with E-state index in [1.807, 2.05) is 20.8 Å². The fourth-order valence-electron chi connectivity index (χ4n) is 1.48. The van der Waals surface area contributed by atoms with Crippen LogP contribution in [0.25, 0.3) is 5.65 Å². The molecule has 0 fully saturated rings. The summed E-state index contributed by atoms with van der Waals surface area (Å²) in [6.07, 6.45) is 1.23. The highest BCUT2D eigenvalue weighted by Gasteiger charge is 2.20. The van der Waals surface area contributed by atoms with E-state index >= 15 is 0 Å². The van der Waals surface area contributed by atoms with Crippen LogP contribution in [-0.4, -0.2) is 33.3 Å². The monoisotopic (exact) mass is 282 g/mol. The molecule has 102 valence electrons. The van der Waals surface area contributed by atoms with Crippen LogP contribution in [0.15, 0.2) is 18.3 Å². The van der Waals surface area contributed by atoms with Gasteiger partial charge in [-0.15, -0.1) is 5.10 Å². The summed E-state index contributed by atoms with van der Waals surface area (Å²) in [5.41, 5.74) is 0.723. The molecule has 7 heteroatoms. The predicted molar refractivity (Wildman–Crippen MR) is 72.6 cm³/mol. The van der Waals surface area contributed by atoms with Gasteiger partial charge in [-0.1, -0.05) is 0 Å². The van der Waals surface area contributed by atoms with Gasteiger partial charge in [0.05, 0.1) is 11.9 Å². The lowest BCUT2D eigenvalue weighted by Gasteiger charge is -2.24. The Labute approximate surface area is 115 Å². The summed E-state index contributed by atoms with van der Waals surface area (Å²) in [6, 6.07) is 3.49. The van der Waals surface area contributed by atoms with Gasteiger partial charge in [-0.05, 0) is 44.5 Å². The Balaban J connectivity index is 2.25. The summed E-state index contributed by atoms with van der Waals surface area (Å²) in [6.45, 7) is 5.46. The first-order valence-electron chi connectivity index (χ1n) is 5.75. The van der Waals surface area contributed by atoms with E-state index in [-0.39, 0.29) is 5.28 Å². The smallest absolute Gasteiger partial charge is 0.414 e. The van der Waals surface area contributed by atoms with Gasteiger partial charge < -0.3 is 4.74 Å². The lowest BCUT2D eigenvalue weighted by molar-refractivity contribution is 0.0589. The number of aromatic nitrogens is 3. The fraction of sp³-hybridized carbons (Fsp3) is 0.417. The molecule has 2 rings (SSSR count). The predicted octanol–water partition coefficient (Wildman–Crippen LogP) is 2.75. The minimum Gasteiger partial charge on any atom is -0.443 e. The molecule has 19 heavy (non-hydrogen) atoms. The molecule has 0 saturated heterocycles. The normalized spacial score (nSPS) is 11.6. The van der Waals surface area contributed by atoms with Crippen molar-refractivity contribution in [3.63, 3.8) is 0 Å². The van der Waals surface area contributed by atoms with Gasteiger partial charge in [-0.2, -0.15) is 4.98 Å². The molecule has 0 aromatic carbocycles. The maximum Gasteiger partial charge on any atom is 0.414 e. The highest BCUT2D eigenvalue weighted by molar-refractivity contribution is 6.28. The maximum atomic E-state index is 11.9. The van der Waals surface area contributed by atoms with E-state index in [0.717, 1.165) is 0 Å². The van der Waals surface area contributed by atoms with Crippen LogP contribution in [0.3, 0.4) is 0 Å². The van der Waals surface area contributed by atoms with E-state index in [0.29, 0.717) is 11.3 Å². The van der Waals surface area contributed by atoms with Crippen molar-refractivity contribution in [2.75, 3.05) is 11.9 Å². The van der Waals surface area contributed by atoms with Crippen LogP contribution in [0.2, 0.25) is 5.28 Å². The number of halogens is 1. The van der Waals surface area contributed by atoms with Crippen molar-refractivity contribution in [2.24, 2.45) is 0 Å². The van der Waals surface area contributed by atoms with Crippen LogP contribution < -0.4 is 4.90 Å². The Morgan fingerprint density at radius 1 is 1.42 bits per heavy atom. The molecule has 0 atom stereocenters. The molecule has 2 aromatic heterocycles. The zero-order chi connectivity index (χ0) is 14.2. The van der Waals surface area contributed by atoms with Gasteiger partial charge in [0.15, 0.2) is 5.65 Å². The minimum absolute atomic E-state index is 0.164. The van der Waals surface area contributed by atoms with E-state index in [9.17, 15) is 4.79 Å². The standard InChI is InChI=1S/C12H15ClN4O2/c1-12(2,3)19-11(18)16(4)8-5-6-9-14-10(13)15-17(9)7-8/h5-7H,1-4H3. The molecular weight excluding hydrogens is 268 g/mol. The minimum atomic E-state index is -0.536. The lowest BCUT2D eigenvalue weighted by Crippen LogP contribution is -2.34. The van der Waals surface area contributed by atoms with E-state index < -0.39 is 11.7 Å². The van der Waals surface area contributed by atoms with Gasteiger partial charge >= 0.3 is 6.09 Å². The van der Waals surface area contributed by atoms with Gasteiger partial charge in [0.1, 0.15) is 5.60 Å². The second kappa shape index (κ2) is 4.70. The topological polar surface area (TPSA) is 59.7 Å². The summed E-state index contributed by atoms with van der Waals surface area (Å²) >= 11 is 5.72. The number of hydrogen-bond donors (Lipinski definition) is 0. The molecule has 0 aliphatic carbocycles. The number of anilines is 1. The van der Waals surface area contributed by atoms with Crippen molar-refractivity contribution in [1.29, 1.82) is 0 Å². The molecule has 6 nitrogen and oxygen atoms in total. The third kappa shape index (κ3) is 3.14. The number of rotatable bonds is 1. The van der Waals surface area contributed by atoms with Crippen molar-refractivity contribution < 1.29 is 9.53 Å². The van der Waals surface area contributed by atoms with E-state index in [1.165, 1.54) is 9.42 Å². The largest absolute Gasteiger partial charge is 0.443 e. The molecule has 0 N–H and O–H groups in total. The summed E-state index contributed by atoms with van der Waals surface area (Å²) < 4.78 is 6.80. The molecule has 0 spiro atoms. The summed E-state index contributed by atoms with van der Waals surface area (Å²) in [5.74, 6) is 0. The maximum absolute atomic E-state index is 11.9. The molecule has 2 aromatic rings. The SMILES string of the molecule is CN(C(=O)OC(C)(C)C)c1ccc2nc(Cl)nn2c1. The molecule has 0 radical (unpaired) electrons. The molecule has 0 unspecified atom stereocenters. The number of hydrogen-bond acceptors (Lipinski definition) is 4. The third-order valence-electron chi connectivity index (χ3n) is 2.34. The van der Waals surface area contributed by atoms with Crippen molar-refractivity contribution in [3.8, 4) is 0 Å². The molecule has 2 heterocycles. The van der Waals surface area contributed by atoms with Crippen molar-refractivity contribution in [2.45, 2.75) is 26.4 Å². The average molecular weight is 283 g/mol. The quantitative estimate of drug-likeness (QED) is 0.807. The number of carbonyl (C=O) groups excluding carboxylic acids is 1. The number of carbonyl (C=O) groups is 1. The van der Waals surface area contributed by atoms with Crippen LogP contribution in [0.1, 0.15) is 20.8 Å². The molecule has 0 aliphatic rings. The Bertz CT molecular complexity index is 618. The zero-order valence-corrected chi connectivity index (χ0v) is 12.0. The molecule has 0 bridgehead atoms. The molecule has 1 amide bonds. The first kappa shape index (κ1) is 13.6. The zero-order valence-electron chi connectivity index (χ0n) is 11.2. The number of amides is 1. The fourth-order valence-corrected chi connectivity index (χ4v) is 1.65. The van der Waals surface area contributed by atoms with Gasteiger partial charge in [-0.25, -0.2) is 9.31 Å². The number of ether oxygens (including phenoxy) is 1. The second-order valence-corrected chi connectivity index (χ2v) is 5.45. The van der Waals surface area contributed by atoms with E-state index in [2.05, 4.69) is 10.1 Å². The van der Waals surface area contributed by atoms with Crippen molar-refractivity contribution in [1.82, 2.24) is 14.6 Å². The van der Waals surface area contributed by atoms with Crippen LogP contribution in [-0.2, 0) is 4.74 Å². The van der Waals surface area contributed by atoms with Crippen LogP contribution in [0, 0.1) is 0 Å². The van der Waals surface area contributed by atoms with Gasteiger partial charge in [0.2, 0.25) is 5.28 Å². The Morgan fingerprint density at radius 2 is 2.11 bits per heavy atom. The van der Waals surface area contributed by atoms with Crippen molar-refractivity contribution >= 4 is 29.0 Å². The number of nitrogens with zero attached hydrogens (tertiary/aromatic N) is 4. The van der Waals surface area contributed by atoms with Crippen LogP contribution >= 0.6 is 11.6 Å². The molecular formula is C12H15ClN4O2. The van der Waals surface area contributed by atoms with E-state index in [4.69, 9.17) is 16.3 Å². The second-order valence-electron chi connectivity index (χ2n) is 5.11. The first-order valence-corrected chi connectivity index (χ1v) is 6.13. The number of pyridine rings is 1. The average Bonchev–Trinajstić information content (AvgIpc) is 2.64. The summed E-state index contributed by atoms with van der Waals surface area (Å²) in [4.78, 5) is 17.3. The molecule has 0 aliphatic heterocycles. The third-order valence-corrected chi connectivity index (χ3v) is 2.50. The van der Waals surface area contributed by atoms with Gasteiger partial charge in [0, 0.05) is 7.05 Å². The highest BCUT2D eigenvalue weighted by Crippen LogP contribution is 2.18.